The zero-order chi connectivity index (χ0) is 15.7. The van der Waals surface area contributed by atoms with Crippen LogP contribution in [0.2, 0.25) is 5.02 Å². The number of nitrogens with zero attached hydrogens (tertiary/aromatic N) is 3. The van der Waals surface area contributed by atoms with Gasteiger partial charge in [0, 0.05) is 30.8 Å². The summed E-state index contributed by atoms with van der Waals surface area (Å²) in [5, 5.41) is 0.784. The normalized spacial score (nSPS) is 15.3. The first-order valence-corrected chi connectivity index (χ1v) is 7.54. The Labute approximate surface area is 135 Å². The lowest BCUT2D eigenvalue weighted by Crippen LogP contribution is -2.16. The van der Waals surface area contributed by atoms with Crippen LogP contribution in [0.15, 0.2) is 24.5 Å². The molecule has 0 saturated heterocycles. The quantitative estimate of drug-likeness (QED) is 0.758. The van der Waals surface area contributed by atoms with Gasteiger partial charge < -0.3 is 9.30 Å². The van der Waals surface area contributed by atoms with Crippen LogP contribution in [-0.4, -0.2) is 34.7 Å². The van der Waals surface area contributed by atoms with Crippen LogP contribution in [0.4, 0.5) is 0 Å². The fraction of sp³-hybridized carbons (Fsp3) is 0.353. The number of halogens is 1. The van der Waals surface area contributed by atoms with Gasteiger partial charge in [0.2, 0.25) is 0 Å². The Bertz CT molecular complexity index is 757. The molecule has 0 bridgehead atoms. The Morgan fingerprint density at radius 2 is 2.18 bits per heavy atom. The van der Waals surface area contributed by atoms with Crippen LogP contribution in [0.25, 0.3) is 5.69 Å². The van der Waals surface area contributed by atoms with Gasteiger partial charge in [-0.3, -0.25) is 4.90 Å². The number of hydrogen-bond acceptors (Lipinski definition) is 3. The van der Waals surface area contributed by atoms with Crippen LogP contribution in [0.1, 0.15) is 23.9 Å². The van der Waals surface area contributed by atoms with Crippen molar-refractivity contribution in [1.29, 1.82) is 0 Å². The molecule has 1 aromatic carbocycles. The smallest absolute Gasteiger partial charge is 0.136 e. The van der Waals surface area contributed by atoms with Gasteiger partial charge in [0.05, 0.1) is 11.4 Å². The average molecular weight is 316 g/mol. The van der Waals surface area contributed by atoms with E-state index < -0.39 is 0 Å². The molecular formula is C17H18ClN3O. The molecule has 0 fully saturated rings. The molecule has 1 aliphatic rings. The molecule has 1 unspecified atom stereocenters. The Morgan fingerprint density at radius 1 is 1.36 bits per heavy atom. The van der Waals surface area contributed by atoms with Gasteiger partial charge in [-0.25, -0.2) is 4.98 Å². The summed E-state index contributed by atoms with van der Waals surface area (Å²) < 4.78 is 7.26. The van der Waals surface area contributed by atoms with Crippen molar-refractivity contribution in [3.63, 3.8) is 0 Å². The van der Waals surface area contributed by atoms with Gasteiger partial charge in [0.1, 0.15) is 18.1 Å². The van der Waals surface area contributed by atoms with E-state index in [1.807, 2.05) is 25.4 Å². The molecule has 5 heteroatoms. The number of imidazole rings is 1. The summed E-state index contributed by atoms with van der Waals surface area (Å²) >= 11 is 6.37. The molecule has 3 rings (SSSR count). The van der Waals surface area contributed by atoms with Crippen LogP contribution in [0.3, 0.4) is 0 Å². The number of fused-ring (bicyclic) bond motifs is 3. The molecule has 2 heterocycles. The zero-order valence-corrected chi connectivity index (χ0v) is 13.7. The molecular weight excluding hydrogens is 298 g/mol. The van der Waals surface area contributed by atoms with E-state index >= 15 is 0 Å². The number of methoxy groups -OCH3 is 1. The van der Waals surface area contributed by atoms with E-state index in [0.29, 0.717) is 0 Å². The van der Waals surface area contributed by atoms with Crippen LogP contribution >= 0.6 is 11.6 Å². The van der Waals surface area contributed by atoms with Crippen LogP contribution < -0.4 is 0 Å². The van der Waals surface area contributed by atoms with E-state index in [-0.39, 0.29) is 6.10 Å². The maximum Gasteiger partial charge on any atom is 0.136 e. The first-order chi connectivity index (χ1) is 10.6. The van der Waals surface area contributed by atoms with E-state index in [0.717, 1.165) is 40.8 Å². The minimum atomic E-state index is -0.109. The highest BCUT2D eigenvalue weighted by Crippen LogP contribution is 2.29. The van der Waals surface area contributed by atoms with Crippen LogP contribution in [0, 0.1) is 11.8 Å². The van der Waals surface area contributed by atoms with Crippen molar-refractivity contribution in [2.45, 2.75) is 26.1 Å². The Balaban J connectivity index is 2.11. The van der Waals surface area contributed by atoms with Crippen molar-refractivity contribution < 1.29 is 4.74 Å². The second-order valence-electron chi connectivity index (χ2n) is 5.47. The van der Waals surface area contributed by atoms with Crippen molar-refractivity contribution in [3.8, 4) is 17.5 Å². The van der Waals surface area contributed by atoms with E-state index in [1.54, 1.807) is 7.11 Å². The van der Waals surface area contributed by atoms with Crippen molar-refractivity contribution in [3.05, 3.63) is 46.5 Å². The number of benzene rings is 1. The maximum absolute atomic E-state index is 6.37. The van der Waals surface area contributed by atoms with E-state index in [1.165, 1.54) is 0 Å². The molecule has 0 spiro atoms. The molecule has 1 aliphatic heterocycles. The first kappa shape index (κ1) is 15.1. The van der Waals surface area contributed by atoms with Crippen molar-refractivity contribution in [2.24, 2.45) is 0 Å². The standard InChI is InChI=1S/C17H18ClN3O/c1-12(22-3)7-8-15-17-10-20(2)9-13-14(18)5-4-6-16(13)21(17)11-19-15/h4-6,11-12H,9-10H2,1-3H3. The fourth-order valence-electron chi connectivity index (χ4n) is 2.58. The third-order valence-corrected chi connectivity index (χ3v) is 4.17. The van der Waals surface area contributed by atoms with Gasteiger partial charge in [0.15, 0.2) is 0 Å². The zero-order valence-electron chi connectivity index (χ0n) is 12.9. The van der Waals surface area contributed by atoms with Crippen LogP contribution in [-0.2, 0) is 17.8 Å². The Morgan fingerprint density at radius 3 is 2.95 bits per heavy atom. The number of hydrogen-bond donors (Lipinski definition) is 0. The molecule has 0 aliphatic carbocycles. The van der Waals surface area contributed by atoms with Crippen molar-refractivity contribution >= 4 is 11.6 Å². The van der Waals surface area contributed by atoms with Crippen LogP contribution in [0.5, 0.6) is 0 Å². The topological polar surface area (TPSA) is 30.3 Å². The molecule has 0 N–H and O–H groups in total. The molecule has 2 aromatic rings. The van der Waals surface area contributed by atoms with Gasteiger partial charge >= 0.3 is 0 Å². The minimum absolute atomic E-state index is 0.109. The molecule has 22 heavy (non-hydrogen) atoms. The fourth-order valence-corrected chi connectivity index (χ4v) is 2.81. The van der Waals surface area contributed by atoms with Gasteiger partial charge in [0.25, 0.3) is 0 Å². The molecule has 0 radical (unpaired) electrons. The maximum atomic E-state index is 6.37. The van der Waals surface area contributed by atoms with E-state index in [9.17, 15) is 0 Å². The predicted molar refractivity (Wildman–Crippen MR) is 87.1 cm³/mol. The SMILES string of the molecule is COC(C)C#Cc1ncn2c1CN(C)Cc1c(Cl)cccc1-2. The van der Waals surface area contributed by atoms with E-state index in [4.69, 9.17) is 16.3 Å². The van der Waals surface area contributed by atoms with Gasteiger partial charge in [-0.05, 0) is 32.0 Å². The van der Waals surface area contributed by atoms with E-state index in [2.05, 4.69) is 39.4 Å². The highest BCUT2D eigenvalue weighted by atomic mass is 35.5. The van der Waals surface area contributed by atoms with Gasteiger partial charge in [-0.2, -0.15) is 0 Å². The summed E-state index contributed by atoms with van der Waals surface area (Å²) in [6.45, 7) is 3.50. The molecule has 1 atom stereocenters. The molecule has 0 saturated carbocycles. The molecule has 114 valence electrons. The summed E-state index contributed by atoms with van der Waals surface area (Å²) in [5.74, 6) is 6.19. The van der Waals surface area contributed by atoms with Crippen molar-refractivity contribution in [2.75, 3.05) is 14.2 Å². The Kier molecular flexibility index (Phi) is 4.21. The lowest BCUT2D eigenvalue weighted by Gasteiger charge is -2.14. The molecule has 4 nitrogen and oxygen atoms in total. The number of ether oxygens (including phenoxy) is 1. The van der Waals surface area contributed by atoms with Gasteiger partial charge in [-0.15, -0.1) is 0 Å². The highest BCUT2D eigenvalue weighted by Gasteiger charge is 2.21. The number of rotatable bonds is 1. The second kappa shape index (κ2) is 6.13. The lowest BCUT2D eigenvalue weighted by atomic mass is 10.1. The highest BCUT2D eigenvalue weighted by molar-refractivity contribution is 6.31. The molecule has 1 aromatic heterocycles. The summed E-state index contributed by atoms with van der Waals surface area (Å²) in [5.41, 5.74) is 4.07. The summed E-state index contributed by atoms with van der Waals surface area (Å²) in [4.78, 5) is 6.69. The molecule has 0 amide bonds. The average Bonchev–Trinajstić information content (AvgIpc) is 2.82. The third-order valence-electron chi connectivity index (χ3n) is 3.82. The number of aromatic nitrogens is 2. The summed E-state index contributed by atoms with van der Waals surface area (Å²) in [7, 11) is 3.73. The summed E-state index contributed by atoms with van der Waals surface area (Å²) in [6, 6.07) is 5.96. The lowest BCUT2D eigenvalue weighted by molar-refractivity contribution is 0.163. The third kappa shape index (κ3) is 2.76. The summed E-state index contributed by atoms with van der Waals surface area (Å²) in [6.07, 6.45) is 1.72. The monoisotopic (exact) mass is 315 g/mol. The van der Waals surface area contributed by atoms with Crippen molar-refractivity contribution in [1.82, 2.24) is 14.5 Å². The first-order valence-electron chi connectivity index (χ1n) is 7.17. The Hall–Kier alpha value is -1.80. The second-order valence-corrected chi connectivity index (χ2v) is 5.87. The predicted octanol–water partition coefficient (Wildman–Crippen LogP) is 2.86. The van der Waals surface area contributed by atoms with Gasteiger partial charge in [-0.1, -0.05) is 23.6 Å². The largest absolute Gasteiger partial charge is 0.369 e. The minimum Gasteiger partial charge on any atom is -0.369 e.